The maximum atomic E-state index is 5.58. The number of aryl methyl sites for hydroxylation is 1. The van der Waals surface area contributed by atoms with E-state index in [0.29, 0.717) is 11.8 Å². The van der Waals surface area contributed by atoms with Gasteiger partial charge in [-0.25, -0.2) is 0 Å². The number of benzene rings is 2. The highest BCUT2D eigenvalue weighted by Gasteiger charge is 2.24. The largest absolute Gasteiger partial charge is 0.493 e. The molecule has 4 heteroatoms. The Bertz CT molecular complexity index is 1090. The molecule has 2 aromatic carbocycles. The Morgan fingerprint density at radius 2 is 1.76 bits per heavy atom. The summed E-state index contributed by atoms with van der Waals surface area (Å²) in [5.74, 6) is 2.59. The first kappa shape index (κ1) is 23.7. The van der Waals surface area contributed by atoms with Crippen LogP contribution in [0.2, 0.25) is 0 Å². The molecule has 0 spiro atoms. The van der Waals surface area contributed by atoms with Crippen LogP contribution in [0.3, 0.4) is 0 Å². The van der Waals surface area contributed by atoms with E-state index in [-0.39, 0.29) is 0 Å². The highest BCUT2D eigenvalue weighted by Crippen LogP contribution is 2.41. The number of H-pyrrole nitrogens is 1. The first-order valence-electron chi connectivity index (χ1n) is 12.6. The third-order valence-electron chi connectivity index (χ3n) is 7.33. The molecule has 0 radical (unpaired) electrons. The number of hydrogen-bond acceptors (Lipinski definition) is 3. The van der Waals surface area contributed by atoms with Gasteiger partial charge in [-0.1, -0.05) is 27.2 Å². The van der Waals surface area contributed by atoms with Gasteiger partial charge in [-0.15, -0.1) is 0 Å². The van der Waals surface area contributed by atoms with Crippen LogP contribution in [0.25, 0.3) is 22.2 Å². The van der Waals surface area contributed by atoms with Crippen LogP contribution in [-0.4, -0.2) is 43.7 Å². The minimum Gasteiger partial charge on any atom is -0.493 e. The number of hydrogen-bond donors (Lipinski definition) is 1. The van der Waals surface area contributed by atoms with Gasteiger partial charge >= 0.3 is 0 Å². The van der Waals surface area contributed by atoms with E-state index in [1.54, 1.807) is 14.2 Å². The molecular weight excluding hydrogens is 408 g/mol. The van der Waals surface area contributed by atoms with Gasteiger partial charge in [0.1, 0.15) is 0 Å². The van der Waals surface area contributed by atoms with Crippen molar-refractivity contribution in [2.24, 2.45) is 0 Å². The van der Waals surface area contributed by atoms with Crippen molar-refractivity contribution in [2.75, 3.05) is 33.9 Å². The molecule has 1 aliphatic rings. The lowest BCUT2D eigenvalue weighted by atomic mass is 9.85. The second kappa shape index (κ2) is 10.2. The second-order valence-corrected chi connectivity index (χ2v) is 9.86. The fourth-order valence-corrected chi connectivity index (χ4v) is 5.50. The lowest BCUT2D eigenvalue weighted by Gasteiger charge is -2.32. The van der Waals surface area contributed by atoms with Crippen LogP contribution in [0.4, 0.5) is 0 Å². The van der Waals surface area contributed by atoms with Crippen molar-refractivity contribution in [3.8, 4) is 22.8 Å². The van der Waals surface area contributed by atoms with Crippen LogP contribution in [0.15, 0.2) is 30.3 Å². The number of fused-ring (bicyclic) bond motifs is 1. The minimum absolute atomic E-state index is 0.410. The molecule has 1 N–H and O–H groups in total. The maximum absolute atomic E-state index is 5.58. The Hall–Kier alpha value is -2.46. The van der Waals surface area contributed by atoms with Crippen LogP contribution in [0.1, 0.15) is 75.0 Å². The summed E-state index contributed by atoms with van der Waals surface area (Å²) in [5.41, 5.74) is 7.88. The molecule has 178 valence electrons. The summed E-state index contributed by atoms with van der Waals surface area (Å²) in [6.45, 7) is 12.9. The molecule has 3 aromatic rings. The fourth-order valence-electron chi connectivity index (χ4n) is 5.50. The lowest BCUT2D eigenvalue weighted by molar-refractivity contribution is 0.209. The zero-order valence-corrected chi connectivity index (χ0v) is 21.3. The first-order valence-corrected chi connectivity index (χ1v) is 12.6. The number of rotatable bonds is 8. The monoisotopic (exact) mass is 448 g/mol. The van der Waals surface area contributed by atoms with Crippen molar-refractivity contribution in [1.29, 1.82) is 0 Å². The van der Waals surface area contributed by atoms with Gasteiger partial charge in [-0.3, -0.25) is 0 Å². The van der Waals surface area contributed by atoms with Crippen LogP contribution in [-0.2, 0) is 0 Å². The Kier molecular flexibility index (Phi) is 7.33. The van der Waals surface area contributed by atoms with E-state index in [9.17, 15) is 0 Å². The lowest BCUT2D eigenvalue weighted by Crippen LogP contribution is -2.33. The van der Waals surface area contributed by atoms with Gasteiger partial charge in [0.2, 0.25) is 0 Å². The number of likely N-dealkylation sites (tertiary alicyclic amines) is 1. The molecule has 1 saturated heterocycles. The number of aromatic amines is 1. The maximum Gasteiger partial charge on any atom is 0.161 e. The molecule has 0 atom stereocenters. The average molecular weight is 449 g/mol. The molecule has 4 nitrogen and oxygen atoms in total. The van der Waals surface area contributed by atoms with Crippen molar-refractivity contribution in [2.45, 2.75) is 65.2 Å². The third-order valence-corrected chi connectivity index (χ3v) is 7.33. The van der Waals surface area contributed by atoms with Gasteiger partial charge in [0.15, 0.2) is 11.5 Å². The van der Waals surface area contributed by atoms with Crippen molar-refractivity contribution in [1.82, 2.24) is 9.88 Å². The number of methoxy groups -OCH3 is 2. The molecule has 0 amide bonds. The summed E-state index contributed by atoms with van der Waals surface area (Å²) in [4.78, 5) is 6.40. The second-order valence-electron chi connectivity index (χ2n) is 9.86. The summed E-state index contributed by atoms with van der Waals surface area (Å²) < 4.78 is 11.0. The normalized spacial score (nSPS) is 15.5. The fraction of sp³-hybridized carbons (Fsp3) is 0.517. The van der Waals surface area contributed by atoms with Gasteiger partial charge in [0.05, 0.1) is 19.9 Å². The highest BCUT2D eigenvalue weighted by atomic mass is 16.5. The van der Waals surface area contributed by atoms with Gasteiger partial charge in [-0.05, 0) is 105 Å². The van der Waals surface area contributed by atoms with E-state index in [0.717, 1.165) is 17.1 Å². The first-order chi connectivity index (χ1) is 16.0. The standard InChI is InChI=1S/C29H40N2O2/c1-7-8-13-31-14-11-21(12-15-31)23-18-24-25(16-20(23)4)30-29(28(24)19(2)3)22-9-10-26(32-5)27(17-22)33-6/h9-10,16-19,21,30H,7-8,11-15H2,1-6H3. The zero-order chi connectivity index (χ0) is 23.5. The molecule has 0 aliphatic carbocycles. The molecule has 0 unspecified atom stereocenters. The molecular formula is C29H40N2O2. The van der Waals surface area contributed by atoms with Gasteiger partial charge in [0, 0.05) is 16.5 Å². The predicted molar refractivity (Wildman–Crippen MR) is 139 cm³/mol. The van der Waals surface area contributed by atoms with Crippen LogP contribution in [0, 0.1) is 6.92 Å². The molecule has 1 fully saturated rings. The van der Waals surface area contributed by atoms with E-state index < -0.39 is 0 Å². The van der Waals surface area contributed by atoms with E-state index in [2.05, 4.69) is 61.8 Å². The van der Waals surface area contributed by atoms with E-state index in [4.69, 9.17) is 9.47 Å². The molecule has 1 aromatic heterocycles. The van der Waals surface area contributed by atoms with E-state index in [1.807, 2.05) is 6.07 Å². The summed E-state index contributed by atoms with van der Waals surface area (Å²) in [6, 6.07) is 11.1. The van der Waals surface area contributed by atoms with E-state index >= 15 is 0 Å². The number of nitrogens with one attached hydrogen (secondary N) is 1. The Morgan fingerprint density at radius 3 is 2.39 bits per heavy atom. The molecule has 4 rings (SSSR count). The smallest absolute Gasteiger partial charge is 0.161 e. The van der Waals surface area contributed by atoms with Crippen molar-refractivity contribution < 1.29 is 9.47 Å². The summed E-state index contributed by atoms with van der Waals surface area (Å²) in [5, 5.41) is 1.36. The molecule has 1 aliphatic heterocycles. The van der Waals surface area contributed by atoms with Crippen LogP contribution in [0.5, 0.6) is 11.5 Å². The quantitative estimate of drug-likeness (QED) is 0.394. The molecule has 0 bridgehead atoms. The topological polar surface area (TPSA) is 37.5 Å². The Labute approximate surface area is 199 Å². The number of aromatic nitrogens is 1. The Balaban J connectivity index is 1.72. The van der Waals surface area contributed by atoms with Gasteiger partial charge in [0.25, 0.3) is 0 Å². The zero-order valence-electron chi connectivity index (χ0n) is 21.3. The average Bonchev–Trinajstić information content (AvgIpc) is 3.20. The highest BCUT2D eigenvalue weighted by molar-refractivity contribution is 5.92. The number of piperidine rings is 1. The molecule has 2 heterocycles. The van der Waals surface area contributed by atoms with Gasteiger partial charge < -0.3 is 19.4 Å². The van der Waals surface area contributed by atoms with Crippen LogP contribution < -0.4 is 9.47 Å². The summed E-state index contributed by atoms with van der Waals surface area (Å²) in [6.07, 6.45) is 5.12. The number of ether oxygens (including phenoxy) is 2. The van der Waals surface area contributed by atoms with Crippen LogP contribution >= 0.6 is 0 Å². The SMILES string of the molecule is CCCCN1CCC(c2cc3c(C(C)C)c(-c4ccc(OC)c(OC)c4)[nH]c3cc2C)CC1. The number of nitrogens with zero attached hydrogens (tertiary/aromatic N) is 1. The van der Waals surface area contributed by atoms with Crippen molar-refractivity contribution >= 4 is 10.9 Å². The van der Waals surface area contributed by atoms with E-state index in [1.165, 1.54) is 78.6 Å². The predicted octanol–water partition coefficient (Wildman–Crippen LogP) is 7.26. The third kappa shape index (κ3) is 4.77. The molecule has 0 saturated carbocycles. The molecule has 33 heavy (non-hydrogen) atoms. The van der Waals surface area contributed by atoms with Gasteiger partial charge in [-0.2, -0.15) is 0 Å². The van der Waals surface area contributed by atoms with Crippen molar-refractivity contribution in [3.05, 3.63) is 47.0 Å². The summed E-state index contributed by atoms with van der Waals surface area (Å²) in [7, 11) is 3.37. The van der Waals surface area contributed by atoms with Crippen molar-refractivity contribution in [3.63, 3.8) is 0 Å². The minimum atomic E-state index is 0.410. The number of unbranched alkanes of at least 4 members (excludes halogenated alkanes) is 1. The summed E-state index contributed by atoms with van der Waals surface area (Å²) >= 11 is 0. The Morgan fingerprint density at radius 1 is 1.03 bits per heavy atom.